The van der Waals surface area contributed by atoms with Crippen molar-refractivity contribution in [1.29, 1.82) is 0 Å². The third-order valence-electron chi connectivity index (χ3n) is 4.38. The summed E-state index contributed by atoms with van der Waals surface area (Å²) >= 11 is 0. The highest BCUT2D eigenvalue weighted by Crippen LogP contribution is 2.19. The maximum absolute atomic E-state index is 12.4. The molecule has 2 aromatic rings. The van der Waals surface area contributed by atoms with E-state index >= 15 is 0 Å². The molecule has 0 spiro atoms. The van der Waals surface area contributed by atoms with Gasteiger partial charge in [0, 0.05) is 0 Å². The van der Waals surface area contributed by atoms with Crippen LogP contribution in [0.2, 0.25) is 0 Å². The van der Waals surface area contributed by atoms with Crippen LogP contribution >= 0.6 is 0 Å². The van der Waals surface area contributed by atoms with Gasteiger partial charge in [0.2, 0.25) is 0 Å². The smallest absolute Gasteiger partial charge is 0.287 e. The molecule has 23 heavy (non-hydrogen) atoms. The number of furan rings is 1. The number of carbonyl (C=O) groups excluding carboxylic acids is 1. The van der Waals surface area contributed by atoms with Crippen LogP contribution < -0.4 is 5.32 Å². The number of carbonyl (C=O) groups is 1. The van der Waals surface area contributed by atoms with E-state index in [1.54, 1.807) is 6.07 Å². The Morgan fingerprint density at radius 2 is 1.91 bits per heavy atom. The molecule has 0 radical (unpaired) electrons. The van der Waals surface area contributed by atoms with E-state index < -0.39 is 0 Å². The molecule has 1 aromatic carbocycles. The van der Waals surface area contributed by atoms with Crippen LogP contribution in [0.3, 0.4) is 0 Å². The van der Waals surface area contributed by atoms with Crippen molar-refractivity contribution in [2.24, 2.45) is 0 Å². The lowest BCUT2D eigenvalue weighted by Gasteiger charge is -2.16. The fraction of sp³-hybridized carbons (Fsp3) is 0.421. The van der Waals surface area contributed by atoms with Crippen LogP contribution in [0.5, 0.6) is 0 Å². The van der Waals surface area contributed by atoms with E-state index in [-0.39, 0.29) is 11.9 Å². The second kappa shape index (κ2) is 7.47. The molecule has 1 fully saturated rings. The number of likely N-dealkylation sites (tertiary alicyclic amines) is 1. The van der Waals surface area contributed by atoms with Crippen LogP contribution in [-0.2, 0) is 6.54 Å². The maximum Gasteiger partial charge on any atom is 0.287 e. The van der Waals surface area contributed by atoms with E-state index in [2.05, 4.69) is 17.1 Å². The van der Waals surface area contributed by atoms with Crippen molar-refractivity contribution < 1.29 is 9.21 Å². The quantitative estimate of drug-likeness (QED) is 0.883. The van der Waals surface area contributed by atoms with Crippen LogP contribution in [0.4, 0.5) is 0 Å². The van der Waals surface area contributed by atoms with Gasteiger partial charge in [-0.3, -0.25) is 9.69 Å². The van der Waals surface area contributed by atoms with Crippen molar-refractivity contribution in [3.63, 3.8) is 0 Å². The van der Waals surface area contributed by atoms with Gasteiger partial charge >= 0.3 is 0 Å². The molecule has 1 saturated heterocycles. The second-order valence-corrected chi connectivity index (χ2v) is 6.09. The lowest BCUT2D eigenvalue weighted by atomic mass is 10.0. The number of rotatable bonds is 6. The molecule has 0 bridgehead atoms. The van der Waals surface area contributed by atoms with Gasteiger partial charge in [0.25, 0.3) is 5.91 Å². The van der Waals surface area contributed by atoms with Crippen LogP contribution in [0.25, 0.3) is 0 Å². The minimum absolute atomic E-state index is 0.0100. The Hall–Kier alpha value is -2.07. The third kappa shape index (κ3) is 4.02. The number of hydrogen-bond acceptors (Lipinski definition) is 3. The molecular weight excluding hydrogens is 288 g/mol. The predicted molar refractivity (Wildman–Crippen MR) is 90.2 cm³/mol. The second-order valence-electron chi connectivity index (χ2n) is 6.09. The van der Waals surface area contributed by atoms with E-state index in [1.165, 1.54) is 12.8 Å². The molecule has 1 atom stereocenters. The highest BCUT2D eigenvalue weighted by molar-refractivity contribution is 5.91. The summed E-state index contributed by atoms with van der Waals surface area (Å²) in [5.74, 6) is 1.12. The lowest BCUT2D eigenvalue weighted by molar-refractivity contribution is 0.0904. The van der Waals surface area contributed by atoms with E-state index in [9.17, 15) is 4.79 Å². The van der Waals surface area contributed by atoms with Crippen molar-refractivity contribution in [1.82, 2.24) is 10.2 Å². The Kier molecular flexibility index (Phi) is 5.13. The average molecular weight is 312 g/mol. The van der Waals surface area contributed by atoms with Crippen molar-refractivity contribution >= 4 is 5.91 Å². The summed E-state index contributed by atoms with van der Waals surface area (Å²) in [6.45, 7) is 5.10. The van der Waals surface area contributed by atoms with Crippen LogP contribution in [0, 0.1) is 0 Å². The summed E-state index contributed by atoms with van der Waals surface area (Å²) < 4.78 is 5.73. The normalized spacial score (nSPS) is 16.4. The molecule has 3 rings (SSSR count). The molecule has 1 unspecified atom stereocenters. The number of benzene rings is 1. The first-order valence-corrected chi connectivity index (χ1v) is 8.43. The molecule has 1 aliphatic rings. The molecule has 1 aliphatic heterocycles. The maximum atomic E-state index is 12.4. The van der Waals surface area contributed by atoms with Crippen LogP contribution in [-0.4, -0.2) is 23.9 Å². The highest BCUT2D eigenvalue weighted by Gasteiger charge is 2.18. The average Bonchev–Trinajstić information content (AvgIpc) is 3.25. The van der Waals surface area contributed by atoms with Gasteiger partial charge in [-0.05, 0) is 50.0 Å². The predicted octanol–water partition coefficient (Wildman–Crippen LogP) is 3.76. The zero-order chi connectivity index (χ0) is 16.1. The Balaban J connectivity index is 1.62. The van der Waals surface area contributed by atoms with Gasteiger partial charge < -0.3 is 9.73 Å². The molecular formula is C19H24N2O2. The Labute approximate surface area is 137 Å². The topological polar surface area (TPSA) is 45.5 Å². The fourth-order valence-electron chi connectivity index (χ4n) is 3.08. The van der Waals surface area contributed by atoms with Gasteiger partial charge in [0.15, 0.2) is 5.76 Å². The van der Waals surface area contributed by atoms with Gasteiger partial charge in [0.1, 0.15) is 5.76 Å². The molecule has 1 N–H and O–H groups in total. The largest absolute Gasteiger partial charge is 0.455 e. The molecule has 0 aliphatic carbocycles. The highest BCUT2D eigenvalue weighted by atomic mass is 16.4. The summed E-state index contributed by atoms with van der Waals surface area (Å²) in [5.41, 5.74) is 1.12. The van der Waals surface area contributed by atoms with Crippen molar-refractivity contribution in [3.05, 3.63) is 59.5 Å². The Bertz CT molecular complexity index is 630. The Morgan fingerprint density at radius 3 is 2.61 bits per heavy atom. The monoisotopic (exact) mass is 312 g/mol. The zero-order valence-electron chi connectivity index (χ0n) is 13.6. The molecule has 122 valence electrons. The summed E-state index contributed by atoms with van der Waals surface area (Å²) in [7, 11) is 0. The first-order chi connectivity index (χ1) is 11.3. The fourth-order valence-corrected chi connectivity index (χ4v) is 3.08. The summed E-state index contributed by atoms with van der Waals surface area (Å²) in [5, 5.41) is 3.06. The van der Waals surface area contributed by atoms with Gasteiger partial charge in [-0.2, -0.15) is 0 Å². The molecule has 4 heteroatoms. The van der Waals surface area contributed by atoms with Crippen molar-refractivity contribution in [2.45, 2.75) is 38.8 Å². The minimum atomic E-state index is -0.145. The first-order valence-electron chi connectivity index (χ1n) is 8.43. The molecule has 4 nitrogen and oxygen atoms in total. The van der Waals surface area contributed by atoms with Crippen LogP contribution in [0.15, 0.2) is 46.9 Å². The summed E-state index contributed by atoms with van der Waals surface area (Å²) in [6.07, 6.45) is 3.35. The number of amides is 1. The van der Waals surface area contributed by atoms with E-state index in [1.807, 2.05) is 36.4 Å². The molecule has 0 saturated carbocycles. The summed E-state index contributed by atoms with van der Waals surface area (Å²) in [4.78, 5) is 14.8. The lowest BCUT2D eigenvalue weighted by Crippen LogP contribution is -2.27. The summed E-state index contributed by atoms with van der Waals surface area (Å²) in [6, 6.07) is 13.7. The number of hydrogen-bond donors (Lipinski definition) is 1. The number of nitrogens with zero attached hydrogens (tertiary/aromatic N) is 1. The molecule has 1 aromatic heterocycles. The van der Waals surface area contributed by atoms with Gasteiger partial charge in [0.05, 0.1) is 12.6 Å². The van der Waals surface area contributed by atoms with E-state index in [0.29, 0.717) is 5.76 Å². The zero-order valence-corrected chi connectivity index (χ0v) is 13.6. The Morgan fingerprint density at radius 1 is 1.17 bits per heavy atom. The van der Waals surface area contributed by atoms with Gasteiger partial charge in [-0.15, -0.1) is 0 Å². The van der Waals surface area contributed by atoms with Gasteiger partial charge in [-0.25, -0.2) is 0 Å². The molecule has 1 amide bonds. The van der Waals surface area contributed by atoms with Crippen LogP contribution in [0.1, 0.15) is 54.1 Å². The minimum Gasteiger partial charge on any atom is -0.455 e. The first kappa shape index (κ1) is 15.8. The van der Waals surface area contributed by atoms with E-state index in [0.717, 1.165) is 37.4 Å². The van der Waals surface area contributed by atoms with Crippen molar-refractivity contribution in [3.8, 4) is 0 Å². The standard InChI is InChI=1S/C19H24N2O2/c1-2-17(15-8-4-3-5-9-15)20-19(22)18-11-10-16(23-18)14-21-12-6-7-13-21/h3-5,8-11,17H,2,6-7,12-14H2,1H3,(H,20,22). The van der Waals surface area contributed by atoms with E-state index in [4.69, 9.17) is 4.42 Å². The third-order valence-corrected chi connectivity index (χ3v) is 4.38. The molecule has 2 heterocycles. The van der Waals surface area contributed by atoms with Crippen molar-refractivity contribution in [2.75, 3.05) is 13.1 Å². The van der Waals surface area contributed by atoms with Gasteiger partial charge in [-0.1, -0.05) is 37.3 Å². The SMILES string of the molecule is CCC(NC(=O)c1ccc(CN2CCCC2)o1)c1ccccc1. The number of nitrogens with one attached hydrogen (secondary N) is 1.